The normalized spacial score (nSPS) is 10.5. The van der Waals surface area contributed by atoms with Crippen molar-refractivity contribution < 1.29 is 4.39 Å². The molecule has 21 heavy (non-hydrogen) atoms. The van der Waals surface area contributed by atoms with Gasteiger partial charge >= 0.3 is 0 Å². The summed E-state index contributed by atoms with van der Waals surface area (Å²) in [5.41, 5.74) is 2.36. The van der Waals surface area contributed by atoms with E-state index in [2.05, 4.69) is 24.5 Å². The van der Waals surface area contributed by atoms with Crippen LogP contribution in [0.4, 0.5) is 15.8 Å². The molecule has 0 aliphatic rings. The number of halogens is 2. The number of hydrogen-bond acceptors (Lipinski definition) is 1. The molecule has 5 heteroatoms. The quantitative estimate of drug-likeness (QED) is 0.739. The minimum Gasteiger partial charge on any atom is -0.332 e. The number of thiocarbonyl (C=S) groups is 1. The zero-order valence-electron chi connectivity index (χ0n) is 11.8. The molecule has 0 aromatic heterocycles. The molecule has 0 atom stereocenters. The smallest absolute Gasteiger partial charge is 0.175 e. The molecule has 0 heterocycles. The highest BCUT2D eigenvalue weighted by atomic mass is 35.5. The van der Waals surface area contributed by atoms with Crippen molar-refractivity contribution in [3.8, 4) is 0 Å². The molecule has 0 radical (unpaired) electrons. The van der Waals surface area contributed by atoms with E-state index in [4.69, 9.17) is 23.8 Å². The monoisotopic (exact) mass is 322 g/mol. The summed E-state index contributed by atoms with van der Waals surface area (Å²) in [4.78, 5) is 0. The van der Waals surface area contributed by atoms with Gasteiger partial charge in [-0.1, -0.05) is 43.6 Å². The molecule has 0 aliphatic heterocycles. The summed E-state index contributed by atoms with van der Waals surface area (Å²) in [6.07, 6.45) is 0. The van der Waals surface area contributed by atoms with Crippen molar-refractivity contribution in [2.45, 2.75) is 19.8 Å². The number of para-hydroxylation sites is 1. The van der Waals surface area contributed by atoms with Crippen LogP contribution in [0.25, 0.3) is 0 Å². The summed E-state index contributed by atoms with van der Waals surface area (Å²) in [7, 11) is 0. The van der Waals surface area contributed by atoms with Gasteiger partial charge in [0.2, 0.25) is 0 Å². The zero-order chi connectivity index (χ0) is 15.4. The van der Waals surface area contributed by atoms with Crippen molar-refractivity contribution in [3.63, 3.8) is 0 Å². The van der Waals surface area contributed by atoms with Crippen LogP contribution in [-0.2, 0) is 0 Å². The second-order valence-corrected chi connectivity index (χ2v) is 5.79. The maximum atomic E-state index is 13.7. The van der Waals surface area contributed by atoms with E-state index in [0.717, 1.165) is 11.3 Å². The second kappa shape index (κ2) is 6.87. The number of hydrogen-bond donors (Lipinski definition) is 2. The third-order valence-corrected chi connectivity index (χ3v) is 3.45. The van der Waals surface area contributed by atoms with Crippen molar-refractivity contribution in [1.29, 1.82) is 0 Å². The minimum absolute atomic E-state index is 0.291. The van der Waals surface area contributed by atoms with E-state index in [0.29, 0.717) is 21.7 Å². The van der Waals surface area contributed by atoms with E-state index < -0.39 is 5.82 Å². The van der Waals surface area contributed by atoms with Gasteiger partial charge in [0.25, 0.3) is 0 Å². The third-order valence-electron chi connectivity index (χ3n) is 3.01. The van der Waals surface area contributed by atoms with Crippen LogP contribution in [0, 0.1) is 5.82 Å². The van der Waals surface area contributed by atoms with Gasteiger partial charge in [-0.3, -0.25) is 0 Å². The molecule has 0 saturated carbocycles. The Morgan fingerprint density at radius 2 is 1.76 bits per heavy atom. The SMILES string of the molecule is CC(C)c1ccccc1NC(=S)Nc1ccc(Cl)cc1F. The molecule has 0 aliphatic carbocycles. The first-order valence-corrected chi connectivity index (χ1v) is 7.38. The van der Waals surface area contributed by atoms with E-state index in [1.54, 1.807) is 12.1 Å². The molecular weight excluding hydrogens is 307 g/mol. The summed E-state index contributed by atoms with van der Waals surface area (Å²) in [6.45, 7) is 4.21. The first kappa shape index (κ1) is 15.7. The summed E-state index contributed by atoms with van der Waals surface area (Å²) >= 11 is 11.0. The summed E-state index contributed by atoms with van der Waals surface area (Å²) in [5.74, 6) is -0.0763. The lowest BCUT2D eigenvalue weighted by molar-refractivity contribution is 0.632. The predicted molar refractivity (Wildman–Crippen MR) is 91.8 cm³/mol. The van der Waals surface area contributed by atoms with E-state index in [1.807, 2.05) is 24.3 Å². The van der Waals surface area contributed by atoms with E-state index in [1.165, 1.54) is 6.07 Å². The lowest BCUT2D eigenvalue weighted by Gasteiger charge is -2.16. The molecule has 0 spiro atoms. The van der Waals surface area contributed by atoms with Gasteiger partial charge in [0.15, 0.2) is 5.11 Å². The zero-order valence-corrected chi connectivity index (χ0v) is 13.4. The van der Waals surface area contributed by atoms with E-state index >= 15 is 0 Å². The van der Waals surface area contributed by atoms with Crippen LogP contribution in [0.3, 0.4) is 0 Å². The Hall–Kier alpha value is -1.65. The van der Waals surface area contributed by atoms with E-state index in [9.17, 15) is 4.39 Å². The molecule has 0 fully saturated rings. The van der Waals surface area contributed by atoms with Crippen LogP contribution in [0.15, 0.2) is 42.5 Å². The largest absolute Gasteiger partial charge is 0.332 e. The van der Waals surface area contributed by atoms with Crippen LogP contribution in [0.1, 0.15) is 25.3 Å². The van der Waals surface area contributed by atoms with Gasteiger partial charge < -0.3 is 10.6 Å². The van der Waals surface area contributed by atoms with Gasteiger partial charge in [0.05, 0.1) is 5.69 Å². The molecule has 2 nitrogen and oxygen atoms in total. The standard InChI is InChI=1S/C16H16ClFN2S/c1-10(2)12-5-3-4-6-14(12)19-16(21)20-15-8-7-11(17)9-13(15)18/h3-10H,1-2H3,(H2,19,20,21). The van der Waals surface area contributed by atoms with Gasteiger partial charge in [0.1, 0.15) is 5.82 Å². The lowest BCUT2D eigenvalue weighted by atomic mass is 10.0. The topological polar surface area (TPSA) is 24.1 Å². The molecule has 2 aromatic rings. The van der Waals surface area contributed by atoms with Gasteiger partial charge in [-0.25, -0.2) is 4.39 Å². The van der Waals surface area contributed by atoms with Gasteiger partial charge in [0, 0.05) is 10.7 Å². The summed E-state index contributed by atoms with van der Waals surface area (Å²) in [5, 5.41) is 6.63. The molecule has 2 rings (SSSR count). The number of benzene rings is 2. The van der Waals surface area contributed by atoms with Crippen LogP contribution < -0.4 is 10.6 Å². The van der Waals surface area contributed by atoms with Crippen molar-refractivity contribution >= 4 is 40.3 Å². The van der Waals surface area contributed by atoms with Gasteiger partial charge in [-0.15, -0.1) is 0 Å². The Morgan fingerprint density at radius 1 is 1.10 bits per heavy atom. The Kier molecular flexibility index (Phi) is 5.15. The second-order valence-electron chi connectivity index (χ2n) is 4.95. The van der Waals surface area contributed by atoms with Crippen molar-refractivity contribution in [2.24, 2.45) is 0 Å². The Bertz CT molecular complexity index is 658. The molecule has 0 unspecified atom stereocenters. The van der Waals surface area contributed by atoms with E-state index in [-0.39, 0.29) is 0 Å². The van der Waals surface area contributed by atoms with Crippen molar-refractivity contribution in [2.75, 3.05) is 10.6 Å². The summed E-state index contributed by atoms with van der Waals surface area (Å²) in [6, 6.07) is 12.3. The molecule has 0 amide bonds. The van der Waals surface area contributed by atoms with Crippen LogP contribution >= 0.6 is 23.8 Å². The lowest BCUT2D eigenvalue weighted by Crippen LogP contribution is -2.20. The fourth-order valence-electron chi connectivity index (χ4n) is 1.98. The molecule has 0 bridgehead atoms. The minimum atomic E-state index is -0.441. The first-order valence-electron chi connectivity index (χ1n) is 6.59. The highest BCUT2D eigenvalue weighted by Crippen LogP contribution is 2.24. The average molecular weight is 323 g/mol. The third kappa shape index (κ3) is 4.16. The first-order chi connectivity index (χ1) is 9.97. The molecule has 110 valence electrons. The number of nitrogens with one attached hydrogen (secondary N) is 2. The Morgan fingerprint density at radius 3 is 2.43 bits per heavy atom. The Labute approximate surface area is 134 Å². The van der Waals surface area contributed by atoms with Crippen LogP contribution in [0.5, 0.6) is 0 Å². The summed E-state index contributed by atoms with van der Waals surface area (Å²) < 4.78 is 13.7. The highest BCUT2D eigenvalue weighted by Gasteiger charge is 2.09. The van der Waals surface area contributed by atoms with Crippen LogP contribution in [-0.4, -0.2) is 5.11 Å². The maximum Gasteiger partial charge on any atom is 0.175 e. The van der Waals surface area contributed by atoms with Crippen molar-refractivity contribution in [3.05, 3.63) is 58.9 Å². The maximum absolute atomic E-state index is 13.7. The van der Waals surface area contributed by atoms with Gasteiger partial charge in [-0.2, -0.15) is 0 Å². The molecular formula is C16H16ClFN2S. The van der Waals surface area contributed by atoms with Crippen molar-refractivity contribution in [1.82, 2.24) is 0 Å². The predicted octanol–water partition coefficient (Wildman–Crippen LogP) is 5.41. The fourth-order valence-corrected chi connectivity index (χ4v) is 2.36. The Balaban J connectivity index is 2.12. The van der Waals surface area contributed by atoms with Crippen LogP contribution in [0.2, 0.25) is 5.02 Å². The highest BCUT2D eigenvalue weighted by molar-refractivity contribution is 7.80. The number of rotatable bonds is 3. The van der Waals surface area contributed by atoms with Gasteiger partial charge in [-0.05, 0) is 48.0 Å². The number of anilines is 2. The molecule has 0 saturated heterocycles. The molecule has 2 N–H and O–H groups in total. The molecule has 2 aromatic carbocycles. The average Bonchev–Trinajstić information content (AvgIpc) is 2.42. The fraction of sp³-hybridized carbons (Fsp3) is 0.188.